The number of hydrogen-bond donors (Lipinski definition) is 2. The normalized spacial score (nSPS) is 11.0. The number of carbonyl (C=O) groups excluding carboxylic acids is 2. The zero-order valence-electron chi connectivity index (χ0n) is 17.4. The van der Waals surface area contributed by atoms with Crippen molar-refractivity contribution in [1.82, 2.24) is 0 Å². The molecule has 0 saturated carbocycles. The molecular formula is C23H21ClN2O5S. The maximum Gasteiger partial charge on any atom is 0.339 e. The van der Waals surface area contributed by atoms with E-state index in [0.29, 0.717) is 11.3 Å². The summed E-state index contributed by atoms with van der Waals surface area (Å²) in [7, 11) is -3.80. The van der Waals surface area contributed by atoms with Crippen molar-refractivity contribution >= 4 is 44.9 Å². The molecule has 0 bridgehead atoms. The third-order valence-corrected chi connectivity index (χ3v) is 6.21. The summed E-state index contributed by atoms with van der Waals surface area (Å²) in [4.78, 5) is 24.7. The van der Waals surface area contributed by atoms with Crippen molar-refractivity contribution in [1.29, 1.82) is 0 Å². The van der Waals surface area contributed by atoms with Crippen LogP contribution in [0.25, 0.3) is 0 Å². The lowest BCUT2D eigenvalue weighted by molar-refractivity contribution is 0.0526. The first-order chi connectivity index (χ1) is 15.2. The molecule has 3 rings (SSSR count). The van der Waals surface area contributed by atoms with Crippen molar-refractivity contribution < 1.29 is 22.7 Å². The number of ether oxygens (including phenoxy) is 1. The zero-order chi connectivity index (χ0) is 23.3. The van der Waals surface area contributed by atoms with Crippen molar-refractivity contribution in [2.75, 3.05) is 16.6 Å². The van der Waals surface area contributed by atoms with E-state index in [0.717, 1.165) is 0 Å². The van der Waals surface area contributed by atoms with E-state index in [1.165, 1.54) is 36.4 Å². The minimum Gasteiger partial charge on any atom is -0.462 e. The lowest BCUT2D eigenvalue weighted by Crippen LogP contribution is -2.16. The van der Waals surface area contributed by atoms with Gasteiger partial charge in [0.15, 0.2) is 0 Å². The van der Waals surface area contributed by atoms with Crippen LogP contribution in [-0.4, -0.2) is 26.9 Å². The lowest BCUT2D eigenvalue weighted by atomic mass is 10.1. The maximum atomic E-state index is 12.7. The highest BCUT2D eigenvalue weighted by atomic mass is 35.5. The van der Waals surface area contributed by atoms with Gasteiger partial charge in [-0.1, -0.05) is 35.9 Å². The Bertz CT molecular complexity index is 1260. The van der Waals surface area contributed by atoms with Crippen LogP contribution in [-0.2, 0) is 14.8 Å². The van der Waals surface area contributed by atoms with Gasteiger partial charge in [-0.2, -0.15) is 0 Å². The second-order valence-corrected chi connectivity index (χ2v) is 8.91. The number of benzene rings is 3. The predicted molar refractivity (Wildman–Crippen MR) is 124 cm³/mol. The molecule has 1 amide bonds. The number of hydrogen-bond acceptors (Lipinski definition) is 5. The van der Waals surface area contributed by atoms with E-state index in [-0.39, 0.29) is 33.3 Å². The van der Waals surface area contributed by atoms with Gasteiger partial charge in [0.05, 0.1) is 27.8 Å². The Labute approximate surface area is 191 Å². The van der Waals surface area contributed by atoms with Crippen molar-refractivity contribution in [3.63, 3.8) is 0 Å². The third-order valence-electron chi connectivity index (χ3n) is 4.52. The quantitative estimate of drug-likeness (QED) is 0.477. The number of rotatable bonds is 7. The number of carbonyl (C=O) groups is 2. The molecule has 3 aromatic carbocycles. The maximum absolute atomic E-state index is 12.7. The molecule has 0 aliphatic heterocycles. The smallest absolute Gasteiger partial charge is 0.339 e. The Morgan fingerprint density at radius 1 is 1.00 bits per heavy atom. The van der Waals surface area contributed by atoms with Crippen LogP contribution in [0.15, 0.2) is 71.6 Å². The van der Waals surface area contributed by atoms with Crippen molar-refractivity contribution in [2.45, 2.75) is 18.7 Å². The highest BCUT2D eigenvalue weighted by molar-refractivity contribution is 7.92. The lowest BCUT2D eigenvalue weighted by Gasteiger charge is -2.13. The Kier molecular flexibility index (Phi) is 7.17. The van der Waals surface area contributed by atoms with E-state index in [1.54, 1.807) is 44.2 Å². The summed E-state index contributed by atoms with van der Waals surface area (Å²) in [6.45, 7) is 3.64. The number of halogens is 1. The fourth-order valence-corrected chi connectivity index (χ4v) is 4.25. The SMILES string of the molecule is CCOC(=O)c1ccc(NC(=O)c2ccc(C)c(NS(=O)(=O)c3ccccc3)c2)cc1Cl. The second kappa shape index (κ2) is 9.84. The first kappa shape index (κ1) is 23.3. The van der Waals surface area contributed by atoms with E-state index in [4.69, 9.17) is 16.3 Å². The van der Waals surface area contributed by atoms with Crippen LogP contribution in [0.1, 0.15) is 33.2 Å². The average Bonchev–Trinajstić information content (AvgIpc) is 2.76. The highest BCUT2D eigenvalue weighted by Crippen LogP contribution is 2.24. The van der Waals surface area contributed by atoms with E-state index in [9.17, 15) is 18.0 Å². The molecule has 0 aliphatic carbocycles. The van der Waals surface area contributed by atoms with Crippen molar-refractivity contribution in [3.8, 4) is 0 Å². The largest absolute Gasteiger partial charge is 0.462 e. The van der Waals surface area contributed by atoms with Crippen molar-refractivity contribution in [3.05, 3.63) is 88.4 Å². The zero-order valence-corrected chi connectivity index (χ0v) is 19.0. The predicted octanol–water partition coefficient (Wildman–Crippen LogP) is 4.88. The fraction of sp³-hybridized carbons (Fsp3) is 0.130. The number of aryl methyl sites for hydroxylation is 1. The van der Waals surface area contributed by atoms with Crippen LogP contribution in [0, 0.1) is 6.92 Å². The Balaban J connectivity index is 1.80. The molecule has 0 unspecified atom stereocenters. The third kappa shape index (κ3) is 5.46. The number of esters is 1. The minimum absolute atomic E-state index is 0.116. The van der Waals surface area contributed by atoms with Gasteiger partial charge in [-0.05, 0) is 61.9 Å². The first-order valence-corrected chi connectivity index (χ1v) is 11.5. The minimum atomic E-state index is -3.80. The summed E-state index contributed by atoms with van der Waals surface area (Å²) in [5.41, 5.74) is 1.76. The molecule has 0 aromatic heterocycles. The van der Waals surface area contributed by atoms with Crippen molar-refractivity contribution in [2.24, 2.45) is 0 Å². The molecule has 0 atom stereocenters. The molecule has 32 heavy (non-hydrogen) atoms. The van der Waals surface area contributed by atoms with E-state index >= 15 is 0 Å². The van der Waals surface area contributed by atoms with Gasteiger partial charge < -0.3 is 10.1 Å². The Morgan fingerprint density at radius 3 is 2.38 bits per heavy atom. The molecule has 7 nitrogen and oxygen atoms in total. The standard InChI is InChI=1S/C23H21ClN2O5S/c1-3-31-23(28)19-12-11-17(14-20(19)24)25-22(27)16-10-9-15(2)21(13-16)26-32(29,30)18-7-5-4-6-8-18/h4-14,26H,3H2,1-2H3,(H,25,27). The van der Waals surface area contributed by atoms with E-state index in [2.05, 4.69) is 10.0 Å². The molecule has 2 N–H and O–H groups in total. The summed E-state index contributed by atoms with van der Waals surface area (Å²) >= 11 is 6.14. The molecule has 0 spiro atoms. The summed E-state index contributed by atoms with van der Waals surface area (Å²) in [5.74, 6) is -1.02. The monoisotopic (exact) mass is 472 g/mol. The van der Waals surface area contributed by atoms with Gasteiger partial charge in [0.1, 0.15) is 0 Å². The molecule has 0 aliphatic rings. The van der Waals surface area contributed by atoms with Crippen LogP contribution in [0.5, 0.6) is 0 Å². The van der Waals surface area contributed by atoms with E-state index in [1.807, 2.05) is 0 Å². The molecule has 0 radical (unpaired) electrons. The Morgan fingerprint density at radius 2 is 1.72 bits per heavy atom. The summed E-state index contributed by atoms with van der Waals surface area (Å²) < 4.78 is 32.7. The van der Waals surface area contributed by atoms with E-state index < -0.39 is 21.9 Å². The van der Waals surface area contributed by atoms with Gasteiger partial charge in [-0.25, -0.2) is 13.2 Å². The van der Waals surface area contributed by atoms with Crippen LogP contribution in [0.2, 0.25) is 5.02 Å². The first-order valence-electron chi connectivity index (χ1n) is 9.68. The Hall–Kier alpha value is -3.36. The topological polar surface area (TPSA) is 102 Å². The summed E-state index contributed by atoms with van der Waals surface area (Å²) in [6, 6.07) is 17.1. The molecular weight excluding hydrogens is 452 g/mol. The van der Waals surface area contributed by atoms with Crippen LogP contribution in [0.4, 0.5) is 11.4 Å². The number of sulfonamides is 1. The number of nitrogens with one attached hydrogen (secondary N) is 2. The average molecular weight is 473 g/mol. The van der Waals surface area contributed by atoms with Crippen LogP contribution in [0.3, 0.4) is 0 Å². The molecule has 3 aromatic rings. The molecule has 0 heterocycles. The summed E-state index contributed by atoms with van der Waals surface area (Å²) in [6.07, 6.45) is 0. The summed E-state index contributed by atoms with van der Waals surface area (Å²) in [5, 5.41) is 2.83. The van der Waals surface area contributed by atoms with Gasteiger partial charge >= 0.3 is 5.97 Å². The van der Waals surface area contributed by atoms with Gasteiger partial charge in [0, 0.05) is 11.3 Å². The molecule has 0 saturated heterocycles. The highest BCUT2D eigenvalue weighted by Gasteiger charge is 2.17. The van der Waals surface area contributed by atoms with Gasteiger partial charge in [-0.3, -0.25) is 9.52 Å². The molecule has 0 fully saturated rings. The number of anilines is 2. The number of amides is 1. The van der Waals surface area contributed by atoms with Crippen LogP contribution < -0.4 is 10.0 Å². The van der Waals surface area contributed by atoms with Gasteiger partial charge in [0.25, 0.3) is 15.9 Å². The molecule has 9 heteroatoms. The second-order valence-electron chi connectivity index (χ2n) is 6.82. The van der Waals surface area contributed by atoms with Gasteiger partial charge in [-0.15, -0.1) is 0 Å². The molecule has 166 valence electrons. The fourth-order valence-electron chi connectivity index (χ4n) is 2.85. The van der Waals surface area contributed by atoms with Gasteiger partial charge in [0.2, 0.25) is 0 Å². The van der Waals surface area contributed by atoms with Crippen LogP contribution >= 0.6 is 11.6 Å².